The normalized spacial score (nSPS) is 22.4. The fourth-order valence-corrected chi connectivity index (χ4v) is 4.68. The number of hydrogen-bond acceptors (Lipinski definition) is 4. The Kier molecular flexibility index (Phi) is 5.41. The minimum absolute atomic E-state index is 0.125. The summed E-state index contributed by atoms with van der Waals surface area (Å²) in [4.78, 5) is 29.3. The molecule has 0 aliphatic carbocycles. The number of piperidine rings is 2. The lowest BCUT2D eigenvalue weighted by atomic mass is 9.93. The van der Waals surface area contributed by atoms with Crippen molar-refractivity contribution in [1.82, 2.24) is 14.4 Å². The molecule has 1 aromatic carbocycles. The summed E-state index contributed by atoms with van der Waals surface area (Å²) < 4.78 is 7.93. The zero-order chi connectivity index (χ0) is 19.0. The van der Waals surface area contributed by atoms with Gasteiger partial charge in [-0.2, -0.15) is 0 Å². The van der Waals surface area contributed by atoms with E-state index in [4.69, 9.17) is 4.42 Å². The summed E-state index contributed by atoms with van der Waals surface area (Å²) in [6.45, 7) is 6.22. The lowest BCUT2D eigenvalue weighted by Crippen LogP contribution is -2.46. The van der Waals surface area contributed by atoms with E-state index in [1.165, 1.54) is 6.42 Å². The van der Waals surface area contributed by atoms with Crippen molar-refractivity contribution in [2.75, 3.05) is 26.2 Å². The van der Waals surface area contributed by atoms with Gasteiger partial charge in [-0.1, -0.05) is 22.9 Å². The maximum atomic E-state index is 12.8. The topological polar surface area (TPSA) is 58.7 Å². The van der Waals surface area contributed by atoms with Crippen LogP contribution in [0.15, 0.2) is 31.9 Å². The predicted molar refractivity (Wildman–Crippen MR) is 107 cm³/mol. The first-order valence-corrected chi connectivity index (χ1v) is 10.6. The molecule has 2 fully saturated rings. The summed E-state index contributed by atoms with van der Waals surface area (Å²) in [6.07, 6.45) is 4.07. The number of oxazole rings is 1. The van der Waals surface area contributed by atoms with Crippen LogP contribution in [0.5, 0.6) is 0 Å². The van der Waals surface area contributed by atoms with E-state index in [1.54, 1.807) is 4.57 Å². The van der Waals surface area contributed by atoms with Gasteiger partial charge in [0.15, 0.2) is 5.58 Å². The summed E-state index contributed by atoms with van der Waals surface area (Å²) in [5, 5.41) is 0. The molecule has 2 aliphatic heterocycles. The molecule has 0 radical (unpaired) electrons. The largest absolute Gasteiger partial charge is 0.421 e. The predicted octanol–water partition coefficient (Wildman–Crippen LogP) is 3.29. The average Bonchev–Trinajstić information content (AvgIpc) is 2.96. The van der Waals surface area contributed by atoms with Crippen LogP contribution >= 0.6 is 15.9 Å². The summed E-state index contributed by atoms with van der Waals surface area (Å²) in [6, 6.07) is 5.63. The van der Waals surface area contributed by atoms with E-state index in [9.17, 15) is 9.59 Å². The Bertz CT molecular complexity index is 882. The molecule has 6 nitrogen and oxygen atoms in total. The Morgan fingerprint density at radius 1 is 1.22 bits per heavy atom. The second kappa shape index (κ2) is 7.80. The minimum Gasteiger partial charge on any atom is -0.408 e. The first-order chi connectivity index (χ1) is 13.0. The molecule has 0 saturated carbocycles. The van der Waals surface area contributed by atoms with Crippen LogP contribution in [0.4, 0.5) is 0 Å². The highest BCUT2D eigenvalue weighted by Crippen LogP contribution is 2.25. The van der Waals surface area contributed by atoms with Gasteiger partial charge in [0.1, 0.15) is 0 Å². The standard InChI is InChI=1S/C20H26BrN3O3/c1-14-3-2-8-23(12-14)19(25)15-6-9-22(10-7-15)13-24-17-5-4-16(21)11-18(17)27-20(24)26/h4-5,11,14-15H,2-3,6-10,12-13H2,1H3/t14-/m1/s1. The highest BCUT2D eigenvalue weighted by molar-refractivity contribution is 9.10. The van der Waals surface area contributed by atoms with Crippen molar-refractivity contribution in [2.24, 2.45) is 11.8 Å². The summed E-state index contributed by atoms with van der Waals surface area (Å²) >= 11 is 3.40. The van der Waals surface area contributed by atoms with Crippen LogP contribution in [0.25, 0.3) is 11.1 Å². The Morgan fingerprint density at radius 3 is 2.74 bits per heavy atom. The Balaban J connectivity index is 1.38. The fourth-order valence-electron chi connectivity index (χ4n) is 4.34. The second-order valence-electron chi connectivity index (χ2n) is 7.97. The van der Waals surface area contributed by atoms with Gasteiger partial charge in [-0.3, -0.25) is 14.3 Å². The van der Waals surface area contributed by atoms with Crippen LogP contribution in [0.2, 0.25) is 0 Å². The number of carbonyl (C=O) groups is 1. The third kappa shape index (κ3) is 3.99. The van der Waals surface area contributed by atoms with Gasteiger partial charge in [0.05, 0.1) is 12.2 Å². The number of fused-ring (bicyclic) bond motifs is 1. The van der Waals surface area contributed by atoms with Crippen LogP contribution < -0.4 is 5.76 Å². The van der Waals surface area contributed by atoms with E-state index in [0.29, 0.717) is 24.1 Å². The van der Waals surface area contributed by atoms with Crippen LogP contribution in [0, 0.1) is 11.8 Å². The quantitative estimate of drug-likeness (QED) is 0.741. The first-order valence-electron chi connectivity index (χ1n) is 9.81. The van der Waals surface area contributed by atoms with Gasteiger partial charge in [-0.15, -0.1) is 0 Å². The van der Waals surface area contributed by atoms with E-state index < -0.39 is 0 Å². The monoisotopic (exact) mass is 435 g/mol. The molecule has 2 aliphatic rings. The van der Waals surface area contributed by atoms with Crippen molar-refractivity contribution in [2.45, 2.75) is 39.3 Å². The number of halogens is 1. The summed E-state index contributed by atoms with van der Waals surface area (Å²) in [7, 11) is 0. The fraction of sp³-hybridized carbons (Fsp3) is 0.600. The van der Waals surface area contributed by atoms with Crippen molar-refractivity contribution >= 4 is 32.9 Å². The van der Waals surface area contributed by atoms with Gasteiger partial charge in [0.25, 0.3) is 0 Å². The van der Waals surface area contributed by atoms with Crippen molar-refractivity contribution in [1.29, 1.82) is 0 Å². The Labute approximate surface area is 167 Å². The number of rotatable bonds is 3. The van der Waals surface area contributed by atoms with Gasteiger partial charge in [-0.05, 0) is 49.8 Å². The highest BCUT2D eigenvalue weighted by Gasteiger charge is 2.30. The minimum atomic E-state index is -0.330. The number of hydrogen-bond donors (Lipinski definition) is 0. The molecule has 7 heteroatoms. The molecular formula is C20H26BrN3O3. The molecule has 1 atom stereocenters. The van der Waals surface area contributed by atoms with E-state index in [0.717, 1.165) is 55.4 Å². The number of likely N-dealkylation sites (tertiary alicyclic amines) is 2. The number of benzene rings is 1. The first kappa shape index (κ1) is 18.7. The third-order valence-corrected chi connectivity index (χ3v) is 6.37. The van der Waals surface area contributed by atoms with Gasteiger partial charge in [-0.25, -0.2) is 4.79 Å². The van der Waals surface area contributed by atoms with Crippen molar-refractivity contribution in [3.8, 4) is 0 Å². The molecule has 2 aromatic rings. The molecule has 1 amide bonds. The number of carbonyl (C=O) groups excluding carboxylic acids is 1. The summed E-state index contributed by atoms with van der Waals surface area (Å²) in [5.41, 5.74) is 1.40. The molecule has 1 aromatic heterocycles. The lowest BCUT2D eigenvalue weighted by molar-refractivity contribution is -0.139. The van der Waals surface area contributed by atoms with Crippen LogP contribution in [0.3, 0.4) is 0 Å². The van der Waals surface area contributed by atoms with Crippen molar-refractivity contribution in [3.05, 3.63) is 33.2 Å². The molecule has 0 bridgehead atoms. The highest BCUT2D eigenvalue weighted by atomic mass is 79.9. The van der Waals surface area contributed by atoms with E-state index >= 15 is 0 Å². The molecule has 27 heavy (non-hydrogen) atoms. The molecule has 0 spiro atoms. The summed E-state index contributed by atoms with van der Waals surface area (Å²) in [5.74, 6) is 0.741. The van der Waals surface area contributed by atoms with E-state index in [2.05, 4.69) is 32.7 Å². The zero-order valence-corrected chi connectivity index (χ0v) is 17.3. The van der Waals surface area contributed by atoms with Crippen LogP contribution in [0.1, 0.15) is 32.6 Å². The van der Waals surface area contributed by atoms with Crippen molar-refractivity contribution in [3.63, 3.8) is 0 Å². The SMILES string of the molecule is C[C@@H]1CCCN(C(=O)C2CCN(Cn3c(=O)oc4cc(Br)ccc43)CC2)C1. The molecule has 4 rings (SSSR count). The Morgan fingerprint density at radius 2 is 2.00 bits per heavy atom. The molecule has 3 heterocycles. The number of nitrogens with zero attached hydrogens (tertiary/aromatic N) is 3. The van der Waals surface area contributed by atoms with Crippen LogP contribution in [-0.2, 0) is 11.5 Å². The van der Waals surface area contributed by atoms with Gasteiger partial charge >= 0.3 is 5.76 Å². The second-order valence-corrected chi connectivity index (χ2v) is 8.89. The lowest BCUT2D eigenvalue weighted by Gasteiger charge is -2.37. The molecule has 146 valence electrons. The average molecular weight is 436 g/mol. The molecule has 0 N–H and O–H groups in total. The molecule has 0 unspecified atom stereocenters. The number of aromatic nitrogens is 1. The number of amides is 1. The van der Waals surface area contributed by atoms with E-state index in [-0.39, 0.29) is 11.7 Å². The Hall–Kier alpha value is -1.60. The van der Waals surface area contributed by atoms with Gasteiger partial charge < -0.3 is 9.32 Å². The zero-order valence-electron chi connectivity index (χ0n) is 15.7. The molecular weight excluding hydrogens is 410 g/mol. The maximum Gasteiger partial charge on any atom is 0.421 e. The van der Waals surface area contributed by atoms with Gasteiger partial charge in [0.2, 0.25) is 5.91 Å². The van der Waals surface area contributed by atoms with Gasteiger partial charge in [0, 0.05) is 36.6 Å². The molecule has 2 saturated heterocycles. The maximum absolute atomic E-state index is 12.8. The van der Waals surface area contributed by atoms with E-state index in [1.807, 2.05) is 18.2 Å². The smallest absolute Gasteiger partial charge is 0.408 e. The van der Waals surface area contributed by atoms with Crippen LogP contribution in [-0.4, -0.2) is 46.5 Å². The third-order valence-electron chi connectivity index (χ3n) is 5.88. The van der Waals surface area contributed by atoms with Crippen molar-refractivity contribution < 1.29 is 9.21 Å².